The minimum atomic E-state index is 0.714. The van der Waals surface area contributed by atoms with E-state index in [1.165, 1.54) is 56.4 Å². The first-order valence-corrected chi connectivity index (χ1v) is 7.95. The number of anilines is 1. The second-order valence-electron chi connectivity index (χ2n) is 6.02. The van der Waals surface area contributed by atoms with Crippen molar-refractivity contribution in [1.29, 1.82) is 0 Å². The van der Waals surface area contributed by atoms with Gasteiger partial charge in [0, 0.05) is 24.2 Å². The average molecular weight is 258 g/mol. The van der Waals surface area contributed by atoms with Gasteiger partial charge >= 0.3 is 0 Å². The molecule has 1 N–H and O–H groups in total. The Morgan fingerprint density at radius 2 is 2.00 bits per heavy atom. The van der Waals surface area contributed by atoms with Gasteiger partial charge in [-0.15, -0.1) is 0 Å². The molecule has 1 atom stereocenters. The molecule has 0 aromatic heterocycles. The van der Waals surface area contributed by atoms with Crippen LogP contribution in [0.2, 0.25) is 0 Å². The van der Waals surface area contributed by atoms with Gasteiger partial charge in [-0.1, -0.05) is 38.0 Å². The predicted molar refractivity (Wildman–Crippen MR) is 81.8 cm³/mol. The van der Waals surface area contributed by atoms with E-state index in [1.807, 2.05) is 0 Å². The minimum Gasteiger partial charge on any atom is -0.384 e. The summed E-state index contributed by atoms with van der Waals surface area (Å²) in [5, 5.41) is 3.54. The Kier molecular flexibility index (Phi) is 4.07. The van der Waals surface area contributed by atoms with Crippen molar-refractivity contribution >= 4 is 5.69 Å². The number of rotatable bonds is 5. The molecule has 1 aliphatic heterocycles. The van der Waals surface area contributed by atoms with Gasteiger partial charge < -0.3 is 10.2 Å². The van der Waals surface area contributed by atoms with Crippen molar-refractivity contribution in [3.05, 3.63) is 29.8 Å². The van der Waals surface area contributed by atoms with Crippen LogP contribution < -0.4 is 5.32 Å². The summed E-state index contributed by atoms with van der Waals surface area (Å²) in [6, 6.07) is 9.68. The van der Waals surface area contributed by atoms with Gasteiger partial charge in [-0.2, -0.15) is 0 Å². The van der Waals surface area contributed by atoms with E-state index in [2.05, 4.69) is 41.4 Å². The third kappa shape index (κ3) is 2.79. The Bertz CT molecular complexity index is 409. The Morgan fingerprint density at radius 3 is 2.79 bits per heavy atom. The Morgan fingerprint density at radius 1 is 1.21 bits per heavy atom. The van der Waals surface area contributed by atoms with Gasteiger partial charge in [-0.3, -0.25) is 0 Å². The van der Waals surface area contributed by atoms with Crippen LogP contribution in [0.5, 0.6) is 0 Å². The molecule has 3 rings (SSSR count). The van der Waals surface area contributed by atoms with Crippen molar-refractivity contribution < 1.29 is 0 Å². The molecular weight excluding hydrogens is 232 g/mol. The SMILES string of the molecule is CCN(CCC1CNc2ccccc21)C1CCCC1. The molecule has 0 saturated heterocycles. The fourth-order valence-corrected chi connectivity index (χ4v) is 3.80. The molecule has 2 nitrogen and oxygen atoms in total. The predicted octanol–water partition coefficient (Wildman–Crippen LogP) is 3.85. The van der Waals surface area contributed by atoms with E-state index in [-0.39, 0.29) is 0 Å². The standard InChI is InChI=1S/C17H26N2/c1-2-19(15-7-3-4-8-15)12-11-14-13-18-17-10-6-5-9-16(14)17/h5-6,9-10,14-15,18H,2-4,7-8,11-13H2,1H3. The quantitative estimate of drug-likeness (QED) is 0.863. The second kappa shape index (κ2) is 5.96. The van der Waals surface area contributed by atoms with Crippen LogP contribution in [0, 0.1) is 0 Å². The van der Waals surface area contributed by atoms with E-state index in [4.69, 9.17) is 0 Å². The molecule has 0 bridgehead atoms. The number of benzene rings is 1. The fraction of sp³-hybridized carbons (Fsp3) is 0.647. The van der Waals surface area contributed by atoms with Crippen molar-refractivity contribution in [2.75, 3.05) is 25.0 Å². The van der Waals surface area contributed by atoms with Gasteiger partial charge in [0.1, 0.15) is 0 Å². The first-order valence-electron chi connectivity index (χ1n) is 7.95. The van der Waals surface area contributed by atoms with Gasteiger partial charge in [0.25, 0.3) is 0 Å². The fourth-order valence-electron chi connectivity index (χ4n) is 3.80. The summed E-state index contributed by atoms with van der Waals surface area (Å²) >= 11 is 0. The van der Waals surface area contributed by atoms with Gasteiger partial charge in [0.05, 0.1) is 0 Å². The molecule has 1 unspecified atom stereocenters. The highest BCUT2D eigenvalue weighted by atomic mass is 15.1. The maximum Gasteiger partial charge on any atom is 0.0376 e. The van der Waals surface area contributed by atoms with E-state index in [0.717, 1.165) is 12.6 Å². The zero-order chi connectivity index (χ0) is 13.1. The monoisotopic (exact) mass is 258 g/mol. The maximum atomic E-state index is 3.54. The van der Waals surface area contributed by atoms with Gasteiger partial charge in [-0.25, -0.2) is 0 Å². The molecular formula is C17H26N2. The largest absolute Gasteiger partial charge is 0.384 e. The Balaban J connectivity index is 1.57. The van der Waals surface area contributed by atoms with Crippen molar-refractivity contribution in [2.24, 2.45) is 0 Å². The topological polar surface area (TPSA) is 15.3 Å². The van der Waals surface area contributed by atoms with Crippen LogP contribution in [0.3, 0.4) is 0 Å². The molecule has 1 aromatic rings. The Labute approximate surface area is 117 Å². The van der Waals surface area contributed by atoms with Crippen LogP contribution in [0.4, 0.5) is 5.69 Å². The summed E-state index contributed by atoms with van der Waals surface area (Å²) in [5.74, 6) is 0.714. The molecule has 1 aliphatic carbocycles. The number of hydrogen-bond donors (Lipinski definition) is 1. The lowest BCUT2D eigenvalue weighted by molar-refractivity contribution is 0.202. The second-order valence-corrected chi connectivity index (χ2v) is 6.02. The lowest BCUT2D eigenvalue weighted by Gasteiger charge is -2.28. The number of nitrogens with one attached hydrogen (secondary N) is 1. The number of nitrogens with zero attached hydrogens (tertiary/aromatic N) is 1. The summed E-state index contributed by atoms with van der Waals surface area (Å²) in [5.41, 5.74) is 2.89. The van der Waals surface area contributed by atoms with E-state index in [0.29, 0.717) is 5.92 Å². The highest BCUT2D eigenvalue weighted by Crippen LogP contribution is 2.34. The third-order valence-corrected chi connectivity index (χ3v) is 4.95. The summed E-state index contributed by atoms with van der Waals surface area (Å²) in [6.07, 6.45) is 7.03. The molecule has 0 spiro atoms. The van der Waals surface area contributed by atoms with E-state index in [9.17, 15) is 0 Å². The molecule has 0 radical (unpaired) electrons. The van der Waals surface area contributed by atoms with Crippen LogP contribution in [0.1, 0.15) is 50.5 Å². The third-order valence-electron chi connectivity index (χ3n) is 4.95. The van der Waals surface area contributed by atoms with Gasteiger partial charge in [0.15, 0.2) is 0 Å². The Hall–Kier alpha value is -1.02. The minimum absolute atomic E-state index is 0.714. The van der Waals surface area contributed by atoms with Crippen molar-refractivity contribution in [2.45, 2.75) is 51.0 Å². The molecule has 1 aromatic carbocycles. The van der Waals surface area contributed by atoms with Crippen LogP contribution in [0.25, 0.3) is 0 Å². The molecule has 104 valence electrons. The van der Waals surface area contributed by atoms with Crippen molar-refractivity contribution in [3.63, 3.8) is 0 Å². The van der Waals surface area contributed by atoms with Crippen LogP contribution in [0.15, 0.2) is 24.3 Å². The van der Waals surface area contributed by atoms with Crippen LogP contribution in [-0.2, 0) is 0 Å². The summed E-state index contributed by atoms with van der Waals surface area (Å²) < 4.78 is 0. The van der Waals surface area contributed by atoms with E-state index in [1.54, 1.807) is 0 Å². The zero-order valence-corrected chi connectivity index (χ0v) is 12.1. The normalized spacial score (nSPS) is 22.7. The lowest BCUT2D eigenvalue weighted by atomic mass is 9.97. The average Bonchev–Trinajstić information content (AvgIpc) is 3.09. The maximum absolute atomic E-state index is 3.54. The molecule has 1 fully saturated rings. The first kappa shape index (κ1) is 13.0. The molecule has 1 heterocycles. The summed E-state index contributed by atoms with van der Waals surface area (Å²) in [7, 11) is 0. The van der Waals surface area contributed by atoms with Crippen molar-refractivity contribution in [1.82, 2.24) is 4.90 Å². The molecule has 2 heteroatoms. The van der Waals surface area contributed by atoms with Crippen molar-refractivity contribution in [3.8, 4) is 0 Å². The molecule has 2 aliphatic rings. The van der Waals surface area contributed by atoms with E-state index >= 15 is 0 Å². The summed E-state index contributed by atoms with van der Waals surface area (Å²) in [4.78, 5) is 2.72. The number of fused-ring (bicyclic) bond motifs is 1. The van der Waals surface area contributed by atoms with E-state index < -0.39 is 0 Å². The highest BCUT2D eigenvalue weighted by Gasteiger charge is 2.25. The highest BCUT2D eigenvalue weighted by molar-refractivity contribution is 5.57. The lowest BCUT2D eigenvalue weighted by Crippen LogP contribution is -2.34. The van der Waals surface area contributed by atoms with Crippen LogP contribution in [-0.4, -0.2) is 30.6 Å². The zero-order valence-electron chi connectivity index (χ0n) is 12.1. The number of para-hydroxylation sites is 1. The number of hydrogen-bond acceptors (Lipinski definition) is 2. The van der Waals surface area contributed by atoms with Gasteiger partial charge in [-0.05, 0) is 44.0 Å². The van der Waals surface area contributed by atoms with Crippen LogP contribution >= 0.6 is 0 Å². The molecule has 1 saturated carbocycles. The molecule has 0 amide bonds. The molecule has 19 heavy (non-hydrogen) atoms. The first-order chi connectivity index (χ1) is 9.38. The summed E-state index contributed by atoms with van der Waals surface area (Å²) in [6.45, 7) is 5.93. The smallest absolute Gasteiger partial charge is 0.0376 e. The van der Waals surface area contributed by atoms with Gasteiger partial charge in [0.2, 0.25) is 0 Å².